The van der Waals surface area contributed by atoms with Crippen molar-refractivity contribution in [2.24, 2.45) is 5.92 Å². The van der Waals surface area contributed by atoms with E-state index >= 15 is 0 Å². The Bertz CT molecular complexity index is 508. The van der Waals surface area contributed by atoms with Crippen LogP contribution in [0.3, 0.4) is 0 Å². The van der Waals surface area contributed by atoms with Crippen LogP contribution in [0.15, 0.2) is 18.3 Å². The number of nitrogens with zero attached hydrogens (tertiary/aromatic N) is 1. The molecule has 0 amide bonds. The molecule has 0 radical (unpaired) electrons. The van der Waals surface area contributed by atoms with Gasteiger partial charge in [0.2, 0.25) is 5.88 Å². The molecule has 0 spiro atoms. The second kappa shape index (κ2) is 6.44. The highest BCUT2D eigenvalue weighted by atomic mass is 16.7. The molecule has 1 saturated carbocycles. The molecule has 2 heterocycles. The molecule has 126 valence electrons. The second-order valence-electron chi connectivity index (χ2n) is 7.83. The Balaban J connectivity index is 1.57. The first-order valence-electron chi connectivity index (χ1n) is 8.82. The second-order valence-corrected chi connectivity index (χ2v) is 7.83. The quantitative estimate of drug-likeness (QED) is 0.799. The van der Waals surface area contributed by atoms with Crippen LogP contribution in [0.1, 0.15) is 59.8 Å². The summed E-state index contributed by atoms with van der Waals surface area (Å²) >= 11 is 0. The Morgan fingerprint density at radius 2 is 1.74 bits per heavy atom. The van der Waals surface area contributed by atoms with Gasteiger partial charge in [-0.05, 0) is 52.5 Å². The number of aromatic nitrogens is 1. The van der Waals surface area contributed by atoms with Crippen LogP contribution >= 0.6 is 0 Å². The van der Waals surface area contributed by atoms with Crippen molar-refractivity contribution in [3.63, 3.8) is 0 Å². The molecule has 1 saturated heterocycles. The fraction of sp³-hybridized carbons (Fsp3) is 0.722. The van der Waals surface area contributed by atoms with Gasteiger partial charge in [0.1, 0.15) is 0 Å². The summed E-state index contributed by atoms with van der Waals surface area (Å²) < 4.78 is 17.9. The molecule has 5 heteroatoms. The van der Waals surface area contributed by atoms with Crippen molar-refractivity contribution in [1.29, 1.82) is 0 Å². The van der Waals surface area contributed by atoms with Gasteiger partial charge in [0.15, 0.2) is 0 Å². The van der Waals surface area contributed by atoms with Gasteiger partial charge in [-0.3, -0.25) is 0 Å². The standard InChI is InChI=1S/C18H28BNO3/c1-17(2)18(3,4)23-19(22-17)15-10-11-16(20-12-15)21-13-14-8-6-5-7-9-14/h10-12,14H,5-9,13H2,1-4H3. The summed E-state index contributed by atoms with van der Waals surface area (Å²) in [7, 11) is -0.361. The third-order valence-corrected chi connectivity index (χ3v) is 5.48. The van der Waals surface area contributed by atoms with Crippen LogP contribution in [0.5, 0.6) is 5.88 Å². The molecule has 3 rings (SSSR count). The summed E-state index contributed by atoms with van der Waals surface area (Å²) in [5.74, 6) is 1.38. The number of hydrogen-bond donors (Lipinski definition) is 0. The topological polar surface area (TPSA) is 40.6 Å². The molecule has 0 N–H and O–H groups in total. The van der Waals surface area contributed by atoms with Gasteiger partial charge >= 0.3 is 7.12 Å². The monoisotopic (exact) mass is 317 g/mol. The summed E-state index contributed by atoms with van der Waals surface area (Å²) in [5, 5.41) is 0. The highest BCUT2D eigenvalue weighted by molar-refractivity contribution is 6.62. The predicted molar refractivity (Wildman–Crippen MR) is 92.0 cm³/mol. The normalized spacial score (nSPS) is 23.9. The number of rotatable bonds is 4. The number of pyridine rings is 1. The van der Waals surface area contributed by atoms with E-state index in [4.69, 9.17) is 14.0 Å². The maximum absolute atomic E-state index is 6.04. The van der Waals surface area contributed by atoms with E-state index in [1.165, 1.54) is 32.1 Å². The summed E-state index contributed by atoms with van der Waals surface area (Å²) in [6.07, 6.45) is 8.42. The molecule has 2 fully saturated rings. The average Bonchev–Trinajstić information content (AvgIpc) is 2.75. The first-order chi connectivity index (χ1) is 10.9. The number of hydrogen-bond acceptors (Lipinski definition) is 4. The zero-order chi connectivity index (χ0) is 16.5. The van der Waals surface area contributed by atoms with E-state index in [9.17, 15) is 0 Å². The Labute approximate surface area is 140 Å². The van der Waals surface area contributed by atoms with Crippen LogP contribution in [-0.4, -0.2) is 29.9 Å². The first kappa shape index (κ1) is 16.8. The molecule has 2 aliphatic rings. The van der Waals surface area contributed by atoms with Crippen molar-refractivity contribution >= 4 is 12.6 Å². The van der Waals surface area contributed by atoms with E-state index in [1.807, 2.05) is 12.1 Å². The van der Waals surface area contributed by atoms with Gasteiger partial charge in [0, 0.05) is 11.7 Å². The van der Waals surface area contributed by atoms with E-state index in [-0.39, 0.29) is 18.3 Å². The van der Waals surface area contributed by atoms with Crippen LogP contribution in [0, 0.1) is 5.92 Å². The van der Waals surface area contributed by atoms with Crippen molar-refractivity contribution in [2.75, 3.05) is 6.61 Å². The van der Waals surface area contributed by atoms with Crippen LogP contribution < -0.4 is 10.2 Å². The predicted octanol–water partition coefficient (Wildman–Crippen LogP) is 3.34. The zero-order valence-electron chi connectivity index (χ0n) is 14.8. The smallest absolute Gasteiger partial charge is 0.477 e. The van der Waals surface area contributed by atoms with Crippen molar-refractivity contribution < 1.29 is 14.0 Å². The van der Waals surface area contributed by atoms with Gasteiger partial charge < -0.3 is 14.0 Å². The van der Waals surface area contributed by atoms with Crippen LogP contribution in [0.2, 0.25) is 0 Å². The fourth-order valence-electron chi connectivity index (χ4n) is 3.15. The molecule has 0 aromatic carbocycles. The maximum atomic E-state index is 6.04. The highest BCUT2D eigenvalue weighted by Crippen LogP contribution is 2.36. The van der Waals surface area contributed by atoms with E-state index in [2.05, 4.69) is 32.7 Å². The van der Waals surface area contributed by atoms with Crippen molar-refractivity contribution in [2.45, 2.75) is 71.0 Å². The summed E-state index contributed by atoms with van der Waals surface area (Å²) in [6.45, 7) is 9.01. The number of ether oxygens (including phenoxy) is 1. The summed E-state index contributed by atoms with van der Waals surface area (Å²) in [5.41, 5.74) is 0.287. The summed E-state index contributed by atoms with van der Waals surface area (Å²) in [4.78, 5) is 4.42. The third-order valence-electron chi connectivity index (χ3n) is 5.48. The molecular formula is C18H28BNO3. The molecule has 1 aromatic heterocycles. The van der Waals surface area contributed by atoms with E-state index in [0.717, 1.165) is 12.1 Å². The lowest BCUT2D eigenvalue weighted by Crippen LogP contribution is -2.41. The molecule has 0 unspecified atom stereocenters. The molecule has 0 bridgehead atoms. The van der Waals surface area contributed by atoms with Crippen LogP contribution in [0.4, 0.5) is 0 Å². The third kappa shape index (κ3) is 3.72. The minimum absolute atomic E-state index is 0.326. The average molecular weight is 317 g/mol. The van der Waals surface area contributed by atoms with Gasteiger partial charge in [-0.15, -0.1) is 0 Å². The lowest BCUT2D eigenvalue weighted by molar-refractivity contribution is 0.00578. The van der Waals surface area contributed by atoms with E-state index < -0.39 is 0 Å². The lowest BCUT2D eigenvalue weighted by Gasteiger charge is -2.32. The van der Waals surface area contributed by atoms with Crippen molar-refractivity contribution in [3.8, 4) is 5.88 Å². The van der Waals surface area contributed by atoms with Gasteiger partial charge in [-0.2, -0.15) is 0 Å². The molecule has 1 aromatic rings. The molecule has 4 nitrogen and oxygen atoms in total. The Kier molecular flexibility index (Phi) is 4.70. The lowest BCUT2D eigenvalue weighted by atomic mass is 9.80. The zero-order valence-corrected chi connectivity index (χ0v) is 14.8. The minimum atomic E-state index is -0.361. The van der Waals surface area contributed by atoms with Crippen LogP contribution in [-0.2, 0) is 9.31 Å². The fourth-order valence-corrected chi connectivity index (χ4v) is 3.15. The van der Waals surface area contributed by atoms with Gasteiger partial charge in [-0.25, -0.2) is 4.98 Å². The first-order valence-corrected chi connectivity index (χ1v) is 8.82. The van der Waals surface area contributed by atoms with Gasteiger partial charge in [0.25, 0.3) is 0 Å². The highest BCUT2D eigenvalue weighted by Gasteiger charge is 2.51. The largest absolute Gasteiger partial charge is 0.496 e. The minimum Gasteiger partial charge on any atom is -0.477 e. The Hall–Kier alpha value is -1.07. The SMILES string of the molecule is CC1(C)OB(c2ccc(OCC3CCCCC3)nc2)OC1(C)C. The Morgan fingerprint density at radius 3 is 2.30 bits per heavy atom. The molecule has 0 atom stereocenters. The Morgan fingerprint density at radius 1 is 1.09 bits per heavy atom. The molecular weight excluding hydrogens is 289 g/mol. The van der Waals surface area contributed by atoms with E-state index in [0.29, 0.717) is 11.8 Å². The summed E-state index contributed by atoms with van der Waals surface area (Å²) in [6, 6.07) is 3.91. The molecule has 1 aliphatic heterocycles. The maximum Gasteiger partial charge on any atom is 0.496 e. The van der Waals surface area contributed by atoms with E-state index in [1.54, 1.807) is 6.20 Å². The van der Waals surface area contributed by atoms with Crippen molar-refractivity contribution in [3.05, 3.63) is 18.3 Å². The molecule has 1 aliphatic carbocycles. The van der Waals surface area contributed by atoms with Gasteiger partial charge in [-0.1, -0.05) is 25.3 Å². The molecule has 23 heavy (non-hydrogen) atoms. The van der Waals surface area contributed by atoms with Crippen LogP contribution in [0.25, 0.3) is 0 Å². The van der Waals surface area contributed by atoms with Crippen molar-refractivity contribution in [1.82, 2.24) is 4.98 Å². The van der Waals surface area contributed by atoms with Gasteiger partial charge in [0.05, 0.1) is 17.8 Å².